The first kappa shape index (κ1) is 27.3. The van der Waals surface area contributed by atoms with E-state index in [9.17, 15) is 23.5 Å². The molecule has 0 aliphatic carbocycles. The molecule has 0 aromatic heterocycles. The molecular weight excluding hydrogens is 488 g/mol. The van der Waals surface area contributed by atoms with Crippen molar-refractivity contribution < 1.29 is 33.3 Å². The number of carboxylic acids is 1. The zero-order valence-corrected chi connectivity index (χ0v) is 20.6. The van der Waals surface area contributed by atoms with Crippen LogP contribution in [0.3, 0.4) is 0 Å². The van der Waals surface area contributed by atoms with Crippen LogP contribution in [-0.2, 0) is 11.4 Å². The molecule has 36 heavy (non-hydrogen) atoms. The van der Waals surface area contributed by atoms with Gasteiger partial charge in [-0.1, -0.05) is 30.3 Å². The number of thioether (sulfide) groups is 1. The van der Waals surface area contributed by atoms with E-state index >= 15 is 0 Å². The van der Waals surface area contributed by atoms with Crippen molar-refractivity contribution in [3.05, 3.63) is 83.4 Å². The van der Waals surface area contributed by atoms with Crippen LogP contribution in [0, 0.1) is 11.6 Å². The molecule has 0 radical (unpaired) electrons. The van der Waals surface area contributed by atoms with Gasteiger partial charge in [-0.3, -0.25) is 14.9 Å². The summed E-state index contributed by atoms with van der Waals surface area (Å²) in [5.41, 5.74) is 2.40. The monoisotopic (exact) mass is 515 g/mol. The summed E-state index contributed by atoms with van der Waals surface area (Å²) in [6.45, 7) is 1.31. The molecule has 0 bridgehead atoms. The Hall–Kier alpha value is -3.27. The lowest BCUT2D eigenvalue weighted by molar-refractivity contribution is -0.136. The number of benzene rings is 3. The molecule has 0 fully saturated rings. The first-order chi connectivity index (χ1) is 17.2. The summed E-state index contributed by atoms with van der Waals surface area (Å²) in [4.78, 5) is 24.4. The van der Waals surface area contributed by atoms with E-state index in [-0.39, 0.29) is 18.8 Å². The molecule has 0 aliphatic rings. The van der Waals surface area contributed by atoms with Crippen LogP contribution in [0.15, 0.2) is 65.6 Å². The third-order valence-electron chi connectivity index (χ3n) is 5.42. The molecule has 0 amide bonds. The molecule has 0 spiro atoms. The van der Waals surface area contributed by atoms with Gasteiger partial charge in [0.25, 0.3) is 0 Å². The first-order valence-corrected chi connectivity index (χ1v) is 12.4. The Morgan fingerprint density at radius 2 is 1.75 bits per heavy atom. The number of carbonyl (C=O) groups is 2. The van der Waals surface area contributed by atoms with Gasteiger partial charge in [0.05, 0.1) is 18.7 Å². The summed E-state index contributed by atoms with van der Waals surface area (Å²) in [6, 6.07) is 15.3. The first-order valence-electron chi connectivity index (χ1n) is 11.2. The van der Waals surface area contributed by atoms with Gasteiger partial charge in [-0.05, 0) is 66.6 Å². The zero-order valence-electron chi connectivity index (χ0n) is 19.8. The summed E-state index contributed by atoms with van der Waals surface area (Å²) < 4.78 is 33.2. The molecule has 2 atom stereocenters. The van der Waals surface area contributed by atoms with Gasteiger partial charge >= 0.3 is 5.97 Å². The lowest BCUT2D eigenvalue weighted by Gasteiger charge is -2.18. The van der Waals surface area contributed by atoms with Crippen LogP contribution < -0.4 is 10.1 Å². The Morgan fingerprint density at radius 3 is 2.39 bits per heavy atom. The summed E-state index contributed by atoms with van der Waals surface area (Å²) in [6.07, 6.45) is 1.09. The smallest absolute Gasteiger partial charge is 0.317 e. The van der Waals surface area contributed by atoms with E-state index in [1.165, 1.54) is 30.8 Å². The number of carbonyl (C=O) groups excluding carboxylic acids is 1. The number of nitrogens with one attached hydrogen (secondary N) is 1. The average Bonchev–Trinajstić information content (AvgIpc) is 2.86. The van der Waals surface area contributed by atoms with Crippen molar-refractivity contribution in [2.24, 2.45) is 0 Å². The molecule has 3 N–H and O–H groups in total. The number of aliphatic hydroxyl groups excluding tert-OH is 1. The second-order valence-corrected chi connectivity index (χ2v) is 9.10. The molecule has 0 saturated heterocycles. The number of aliphatic hydroxyl groups is 1. The Morgan fingerprint density at radius 1 is 1.06 bits per heavy atom. The fraction of sp³-hybridized carbons (Fsp3) is 0.259. The van der Waals surface area contributed by atoms with Crippen LogP contribution in [0.25, 0.3) is 11.1 Å². The number of carboxylic acid groups (broad SMARTS) is 1. The molecule has 0 saturated carbocycles. The summed E-state index contributed by atoms with van der Waals surface area (Å²) in [5.74, 6) is -2.66. The topological polar surface area (TPSA) is 95.9 Å². The molecule has 3 rings (SSSR count). The minimum Gasteiger partial charge on any atom is -0.489 e. The second kappa shape index (κ2) is 12.6. The number of ether oxygens (including phenoxy) is 1. The highest BCUT2D eigenvalue weighted by Gasteiger charge is 2.22. The van der Waals surface area contributed by atoms with Gasteiger partial charge in [-0.2, -0.15) is 0 Å². The van der Waals surface area contributed by atoms with Gasteiger partial charge in [0.15, 0.2) is 17.4 Å². The van der Waals surface area contributed by atoms with Crippen LogP contribution in [0.5, 0.6) is 5.75 Å². The Balaban J connectivity index is 1.69. The van der Waals surface area contributed by atoms with Crippen molar-refractivity contribution in [3.63, 3.8) is 0 Å². The van der Waals surface area contributed by atoms with Gasteiger partial charge < -0.3 is 14.9 Å². The zero-order chi connectivity index (χ0) is 26.2. The molecule has 2 unspecified atom stereocenters. The molecule has 3 aromatic rings. The lowest BCUT2D eigenvalue weighted by atomic mass is 9.98. The second-order valence-electron chi connectivity index (χ2n) is 8.26. The van der Waals surface area contributed by atoms with Crippen LogP contribution in [0.1, 0.15) is 29.3 Å². The predicted molar refractivity (Wildman–Crippen MR) is 134 cm³/mol. The van der Waals surface area contributed by atoms with E-state index in [1.807, 2.05) is 0 Å². The van der Waals surface area contributed by atoms with Crippen molar-refractivity contribution in [2.45, 2.75) is 37.0 Å². The van der Waals surface area contributed by atoms with Gasteiger partial charge in [-0.25, -0.2) is 8.78 Å². The van der Waals surface area contributed by atoms with Crippen molar-refractivity contribution in [1.82, 2.24) is 5.32 Å². The molecule has 3 aromatic carbocycles. The molecule has 0 heterocycles. The van der Waals surface area contributed by atoms with Crippen LogP contribution >= 0.6 is 11.8 Å². The highest BCUT2D eigenvalue weighted by Crippen LogP contribution is 2.33. The quantitative estimate of drug-likeness (QED) is 0.233. The van der Waals surface area contributed by atoms with Crippen LogP contribution in [-0.4, -0.2) is 46.9 Å². The average molecular weight is 516 g/mol. The highest BCUT2D eigenvalue weighted by atomic mass is 32.2. The van der Waals surface area contributed by atoms with Crippen LogP contribution in [0.4, 0.5) is 8.78 Å². The van der Waals surface area contributed by atoms with Crippen molar-refractivity contribution in [2.75, 3.05) is 12.8 Å². The van der Waals surface area contributed by atoms with Crippen molar-refractivity contribution in [1.29, 1.82) is 0 Å². The maximum atomic E-state index is 13.8. The summed E-state index contributed by atoms with van der Waals surface area (Å²) in [5, 5.41) is 21.3. The third-order valence-corrected chi connectivity index (χ3v) is 6.20. The Labute approximate surface area is 212 Å². The van der Waals surface area contributed by atoms with Gasteiger partial charge in [-0.15, -0.1) is 11.8 Å². The SMILES string of the molecule is CSc1cc(F)c(F)cc1-c1ccc(OCc2cccc(C(=O)C(CC(C)O)NCC(=O)O)c2)cc1. The number of Topliss-reactive ketones (excluding diaryl/α,β-unsaturated/α-hetero) is 1. The van der Waals surface area contributed by atoms with E-state index in [0.29, 0.717) is 21.8 Å². The largest absolute Gasteiger partial charge is 0.489 e. The Kier molecular flexibility index (Phi) is 9.58. The maximum absolute atomic E-state index is 13.8. The lowest BCUT2D eigenvalue weighted by Crippen LogP contribution is -2.41. The van der Waals surface area contributed by atoms with Crippen molar-refractivity contribution >= 4 is 23.5 Å². The van der Waals surface area contributed by atoms with Gasteiger partial charge in [0.1, 0.15) is 12.4 Å². The minimum absolute atomic E-state index is 0.0788. The number of aliphatic carboxylic acids is 1. The number of hydrogen-bond donors (Lipinski definition) is 3. The van der Waals surface area contributed by atoms with E-state index in [4.69, 9.17) is 9.84 Å². The highest BCUT2D eigenvalue weighted by molar-refractivity contribution is 7.98. The van der Waals surface area contributed by atoms with E-state index in [0.717, 1.165) is 11.1 Å². The van der Waals surface area contributed by atoms with E-state index in [2.05, 4.69) is 5.32 Å². The fourth-order valence-electron chi connectivity index (χ4n) is 3.67. The van der Waals surface area contributed by atoms with Gasteiger partial charge in [0, 0.05) is 10.5 Å². The van der Waals surface area contributed by atoms with Gasteiger partial charge in [0.2, 0.25) is 0 Å². The number of ketones is 1. The third kappa shape index (κ3) is 7.36. The fourth-order valence-corrected chi connectivity index (χ4v) is 4.29. The summed E-state index contributed by atoms with van der Waals surface area (Å²) >= 11 is 1.32. The van der Waals surface area contributed by atoms with Crippen LogP contribution in [0.2, 0.25) is 0 Å². The number of hydrogen-bond acceptors (Lipinski definition) is 6. The minimum atomic E-state index is -1.10. The molecular formula is C27H27F2NO5S. The molecule has 9 heteroatoms. The summed E-state index contributed by atoms with van der Waals surface area (Å²) in [7, 11) is 0. The Bertz CT molecular complexity index is 1220. The van der Waals surface area contributed by atoms with Crippen molar-refractivity contribution in [3.8, 4) is 16.9 Å². The molecule has 6 nitrogen and oxygen atoms in total. The molecule has 0 aliphatic heterocycles. The molecule has 190 valence electrons. The van der Waals surface area contributed by atoms with E-state index < -0.39 is 36.3 Å². The normalized spacial score (nSPS) is 12.7. The number of halogens is 2. The van der Waals surface area contributed by atoms with E-state index in [1.54, 1.807) is 54.8 Å². The standard InChI is InChI=1S/C27H27F2NO5S/c1-16(31)10-24(30-14-26(32)33)27(34)19-5-3-4-17(11-19)15-35-20-8-6-18(7-9-20)21-12-22(28)23(29)13-25(21)36-2/h3-9,11-13,16,24,30-31H,10,14-15H2,1-2H3,(H,32,33). The maximum Gasteiger partial charge on any atom is 0.317 e. The predicted octanol–water partition coefficient (Wildman–Crippen LogP) is 4.93. The number of rotatable bonds is 12.